The van der Waals surface area contributed by atoms with Crippen LogP contribution < -0.4 is 0 Å². The SMILES string of the molecule is CC[C@@H]1C2C[C@H](O)CCC2(C)C2C(O)CC3(C)C(CCC3[C@H](C)CCC(=O)O)C2[C@@H]1O. The van der Waals surface area contributed by atoms with Crippen molar-refractivity contribution in [2.75, 3.05) is 0 Å². The molecular formula is C26H44O5. The van der Waals surface area contributed by atoms with Crippen LogP contribution in [0.4, 0.5) is 0 Å². The van der Waals surface area contributed by atoms with E-state index in [4.69, 9.17) is 5.11 Å². The zero-order chi connectivity index (χ0) is 22.7. The Bertz CT molecular complexity index is 681. The molecule has 4 aliphatic rings. The first kappa shape index (κ1) is 23.5. The van der Waals surface area contributed by atoms with E-state index in [1.165, 1.54) is 0 Å². The van der Waals surface area contributed by atoms with Gasteiger partial charge in [0.15, 0.2) is 0 Å². The van der Waals surface area contributed by atoms with Crippen molar-refractivity contribution >= 4 is 5.97 Å². The summed E-state index contributed by atoms with van der Waals surface area (Å²) >= 11 is 0. The third-order valence-electron chi connectivity index (χ3n) is 10.9. The van der Waals surface area contributed by atoms with Crippen LogP contribution in [-0.4, -0.2) is 44.7 Å². The first-order valence-electron chi connectivity index (χ1n) is 12.8. The second-order valence-electron chi connectivity index (χ2n) is 12.2. The van der Waals surface area contributed by atoms with Gasteiger partial charge >= 0.3 is 5.97 Å². The predicted molar refractivity (Wildman–Crippen MR) is 119 cm³/mol. The van der Waals surface area contributed by atoms with Crippen molar-refractivity contribution in [1.82, 2.24) is 0 Å². The maximum atomic E-state index is 11.7. The molecule has 31 heavy (non-hydrogen) atoms. The number of hydrogen-bond acceptors (Lipinski definition) is 4. The van der Waals surface area contributed by atoms with Crippen molar-refractivity contribution in [3.05, 3.63) is 0 Å². The molecule has 0 bridgehead atoms. The molecule has 178 valence electrons. The lowest BCUT2D eigenvalue weighted by molar-refractivity contribution is -0.235. The van der Waals surface area contributed by atoms with Gasteiger partial charge in [0.2, 0.25) is 0 Å². The summed E-state index contributed by atoms with van der Waals surface area (Å²) in [6, 6.07) is 0. The van der Waals surface area contributed by atoms with Crippen molar-refractivity contribution < 1.29 is 25.2 Å². The van der Waals surface area contributed by atoms with E-state index in [1.54, 1.807) is 0 Å². The molecular weight excluding hydrogens is 392 g/mol. The smallest absolute Gasteiger partial charge is 0.303 e. The molecule has 0 saturated heterocycles. The lowest BCUT2D eigenvalue weighted by Crippen LogP contribution is -2.65. The number of fused-ring (bicyclic) bond motifs is 5. The molecule has 4 N–H and O–H groups in total. The van der Waals surface area contributed by atoms with E-state index in [-0.39, 0.29) is 47.0 Å². The zero-order valence-corrected chi connectivity index (χ0v) is 19.8. The van der Waals surface area contributed by atoms with E-state index < -0.39 is 18.2 Å². The number of carbonyl (C=O) groups is 1. The van der Waals surface area contributed by atoms with Gasteiger partial charge in [-0.15, -0.1) is 0 Å². The maximum Gasteiger partial charge on any atom is 0.303 e. The standard InChI is InChI=1S/C26H44O5/c1-5-16-19-12-15(27)10-11-25(19,3)23-20(28)13-26(4)17(14(2)6-9-21(29)30)7-8-18(26)22(23)24(16)31/h14-20,22-24,27-28,31H,5-13H2,1-4H3,(H,29,30)/t14-,15-,16-,17?,18?,19?,20?,22?,23?,24-,25?,26?/m1/s1. The van der Waals surface area contributed by atoms with Crippen LogP contribution in [0.3, 0.4) is 0 Å². The highest BCUT2D eigenvalue weighted by atomic mass is 16.4. The Morgan fingerprint density at radius 2 is 1.77 bits per heavy atom. The zero-order valence-electron chi connectivity index (χ0n) is 19.8. The molecule has 0 aromatic carbocycles. The van der Waals surface area contributed by atoms with E-state index >= 15 is 0 Å². The lowest BCUT2D eigenvalue weighted by Gasteiger charge is -2.66. The Hall–Kier alpha value is -0.650. The minimum atomic E-state index is -0.734. The van der Waals surface area contributed by atoms with Gasteiger partial charge in [-0.2, -0.15) is 0 Å². The van der Waals surface area contributed by atoms with E-state index in [0.29, 0.717) is 24.2 Å². The molecule has 4 aliphatic carbocycles. The van der Waals surface area contributed by atoms with Crippen molar-refractivity contribution in [2.45, 2.75) is 104 Å². The third-order valence-corrected chi connectivity index (χ3v) is 10.9. The van der Waals surface area contributed by atoms with Crippen LogP contribution in [0.1, 0.15) is 85.5 Å². The highest BCUT2D eigenvalue weighted by molar-refractivity contribution is 5.66. The first-order valence-corrected chi connectivity index (χ1v) is 12.8. The Labute approximate surface area is 187 Å². The molecule has 0 aromatic heterocycles. The molecule has 0 aliphatic heterocycles. The summed E-state index contributed by atoms with van der Waals surface area (Å²) in [5, 5.41) is 42.9. The first-order chi connectivity index (χ1) is 14.5. The highest BCUT2D eigenvalue weighted by Gasteiger charge is 2.67. The van der Waals surface area contributed by atoms with Gasteiger partial charge in [-0.3, -0.25) is 4.79 Å². The monoisotopic (exact) mass is 436 g/mol. The van der Waals surface area contributed by atoms with Gasteiger partial charge in [0.25, 0.3) is 0 Å². The Kier molecular flexibility index (Phi) is 6.28. The molecule has 5 heteroatoms. The fourth-order valence-electron chi connectivity index (χ4n) is 9.60. The van der Waals surface area contributed by atoms with Crippen molar-refractivity contribution in [2.24, 2.45) is 52.3 Å². The van der Waals surface area contributed by atoms with Gasteiger partial charge < -0.3 is 20.4 Å². The maximum absolute atomic E-state index is 11.7. The van der Waals surface area contributed by atoms with Gasteiger partial charge in [-0.25, -0.2) is 0 Å². The van der Waals surface area contributed by atoms with E-state index in [0.717, 1.165) is 44.9 Å². The van der Waals surface area contributed by atoms with Crippen LogP contribution in [0.5, 0.6) is 0 Å². The fourth-order valence-corrected chi connectivity index (χ4v) is 9.60. The average molecular weight is 437 g/mol. The number of aliphatic carboxylic acids is 1. The quantitative estimate of drug-likeness (QED) is 0.520. The van der Waals surface area contributed by atoms with E-state index in [2.05, 4.69) is 27.7 Å². The van der Waals surface area contributed by atoms with Gasteiger partial charge in [0.1, 0.15) is 0 Å². The highest BCUT2D eigenvalue weighted by Crippen LogP contribution is 2.69. The fraction of sp³-hybridized carbons (Fsp3) is 0.962. The number of carboxylic acid groups (broad SMARTS) is 1. The summed E-state index contributed by atoms with van der Waals surface area (Å²) in [7, 11) is 0. The normalized spacial score (nSPS) is 52.7. The van der Waals surface area contributed by atoms with E-state index in [9.17, 15) is 20.1 Å². The molecule has 4 rings (SSSR count). The van der Waals surface area contributed by atoms with Crippen LogP contribution in [-0.2, 0) is 4.79 Å². The van der Waals surface area contributed by atoms with Crippen LogP contribution in [0.25, 0.3) is 0 Å². The number of rotatable bonds is 5. The van der Waals surface area contributed by atoms with Crippen LogP contribution in [0.15, 0.2) is 0 Å². The minimum Gasteiger partial charge on any atom is -0.481 e. The van der Waals surface area contributed by atoms with Crippen molar-refractivity contribution in [1.29, 1.82) is 0 Å². The number of aliphatic hydroxyl groups excluding tert-OH is 3. The summed E-state index contributed by atoms with van der Waals surface area (Å²) in [4.78, 5) is 11.1. The summed E-state index contributed by atoms with van der Waals surface area (Å²) in [6.45, 7) is 9.01. The minimum absolute atomic E-state index is 0.0302. The molecule has 4 saturated carbocycles. The van der Waals surface area contributed by atoms with Crippen LogP contribution in [0, 0.1) is 52.3 Å². The Morgan fingerprint density at radius 1 is 1.06 bits per heavy atom. The van der Waals surface area contributed by atoms with E-state index in [1.807, 2.05) is 0 Å². The predicted octanol–water partition coefficient (Wildman–Crippen LogP) is 4.08. The molecule has 0 heterocycles. The number of aliphatic hydroxyl groups is 3. The van der Waals surface area contributed by atoms with Gasteiger partial charge in [0.05, 0.1) is 18.3 Å². The van der Waals surface area contributed by atoms with Gasteiger partial charge in [-0.05, 0) is 97.2 Å². The number of carboxylic acids is 1. The van der Waals surface area contributed by atoms with Gasteiger partial charge in [-0.1, -0.05) is 34.1 Å². The second-order valence-corrected chi connectivity index (χ2v) is 12.2. The summed E-state index contributed by atoms with van der Waals surface area (Å²) in [5.41, 5.74) is -0.0767. The summed E-state index contributed by atoms with van der Waals surface area (Å²) < 4.78 is 0. The molecule has 8 unspecified atom stereocenters. The van der Waals surface area contributed by atoms with Crippen LogP contribution in [0.2, 0.25) is 0 Å². The van der Waals surface area contributed by atoms with Gasteiger partial charge in [0, 0.05) is 6.42 Å². The Morgan fingerprint density at radius 3 is 2.42 bits per heavy atom. The molecule has 0 spiro atoms. The molecule has 0 radical (unpaired) electrons. The summed E-state index contributed by atoms with van der Waals surface area (Å²) in [6.07, 6.45) is 6.04. The molecule has 0 aromatic rings. The average Bonchev–Trinajstić information content (AvgIpc) is 3.04. The topological polar surface area (TPSA) is 98.0 Å². The Balaban J connectivity index is 1.66. The number of hydrogen-bond donors (Lipinski definition) is 4. The second kappa shape index (κ2) is 8.29. The molecule has 4 fully saturated rings. The third kappa shape index (κ3) is 3.58. The molecule has 12 atom stereocenters. The van der Waals surface area contributed by atoms with Crippen LogP contribution >= 0.6 is 0 Å². The van der Waals surface area contributed by atoms with Crippen molar-refractivity contribution in [3.63, 3.8) is 0 Å². The summed E-state index contributed by atoms with van der Waals surface area (Å²) in [5.74, 6) is 1.00. The van der Waals surface area contributed by atoms with Crippen molar-refractivity contribution in [3.8, 4) is 0 Å². The molecule has 0 amide bonds. The lowest BCUT2D eigenvalue weighted by atomic mass is 9.40. The largest absolute Gasteiger partial charge is 0.481 e. The molecule has 5 nitrogen and oxygen atoms in total.